The molecule has 1 heterocycles. The molecule has 2 aliphatic rings. The smallest absolute Gasteiger partial charge is 0.269 e. The van der Waals surface area contributed by atoms with Crippen molar-refractivity contribution < 1.29 is 24.4 Å². The van der Waals surface area contributed by atoms with Crippen molar-refractivity contribution in [2.24, 2.45) is 0 Å². The van der Waals surface area contributed by atoms with E-state index in [4.69, 9.17) is 4.74 Å². The molecule has 1 aliphatic heterocycles. The lowest BCUT2D eigenvalue weighted by molar-refractivity contribution is -0.384. The number of carbonyl (C=O) groups excluding carboxylic acids is 2. The van der Waals surface area contributed by atoms with Gasteiger partial charge in [0.05, 0.1) is 12.0 Å². The van der Waals surface area contributed by atoms with Crippen LogP contribution in [0, 0.1) is 10.1 Å². The molecule has 0 bridgehead atoms. The molecule has 0 spiro atoms. The van der Waals surface area contributed by atoms with E-state index in [2.05, 4.69) is 0 Å². The second-order valence-corrected chi connectivity index (χ2v) is 7.33. The first-order valence-corrected chi connectivity index (χ1v) is 9.61. The summed E-state index contributed by atoms with van der Waals surface area (Å²) in [6.45, 7) is 0. The Bertz CT molecular complexity index is 1070. The fourth-order valence-electron chi connectivity index (χ4n) is 4.21. The Kier molecular flexibility index (Phi) is 4.99. The Labute approximate surface area is 172 Å². The first-order valence-electron chi connectivity index (χ1n) is 9.61. The number of nitrogens with zero attached hydrogens (tertiary/aromatic N) is 2. The Hall–Kier alpha value is -3.68. The highest BCUT2D eigenvalue weighted by molar-refractivity contribution is 6.07. The van der Waals surface area contributed by atoms with Crippen LogP contribution in [0.4, 0.5) is 11.4 Å². The predicted molar refractivity (Wildman–Crippen MR) is 108 cm³/mol. The van der Waals surface area contributed by atoms with Gasteiger partial charge in [-0.15, -0.1) is 0 Å². The summed E-state index contributed by atoms with van der Waals surface area (Å²) in [6, 6.07) is 10.6. The van der Waals surface area contributed by atoms with Gasteiger partial charge in [0.2, 0.25) is 5.91 Å². The van der Waals surface area contributed by atoms with E-state index in [1.165, 1.54) is 42.3 Å². The number of Topliss-reactive ketones (excluding diaryl/α,β-unsaturated/α-hetero) is 1. The molecule has 0 saturated heterocycles. The summed E-state index contributed by atoms with van der Waals surface area (Å²) in [5, 5.41) is 20.8. The normalized spacial score (nSPS) is 19.0. The van der Waals surface area contributed by atoms with Crippen LogP contribution >= 0.6 is 0 Å². The molecule has 30 heavy (non-hydrogen) atoms. The first kappa shape index (κ1) is 19.6. The minimum Gasteiger partial charge on any atom is -0.504 e. The summed E-state index contributed by atoms with van der Waals surface area (Å²) in [5.74, 6) is -0.352. The fourth-order valence-corrected chi connectivity index (χ4v) is 4.21. The van der Waals surface area contributed by atoms with E-state index in [1.807, 2.05) is 0 Å². The lowest BCUT2D eigenvalue weighted by Gasteiger charge is -2.38. The van der Waals surface area contributed by atoms with Gasteiger partial charge in [0, 0.05) is 47.8 Å². The van der Waals surface area contributed by atoms with Crippen LogP contribution in [0.1, 0.15) is 37.2 Å². The average Bonchev–Trinajstić information content (AvgIpc) is 2.74. The number of ketones is 1. The number of ether oxygens (including phenoxy) is 1. The van der Waals surface area contributed by atoms with Gasteiger partial charge in [-0.3, -0.25) is 24.6 Å². The zero-order chi connectivity index (χ0) is 21.4. The van der Waals surface area contributed by atoms with E-state index in [9.17, 15) is 24.8 Å². The minimum absolute atomic E-state index is 0.00676. The number of rotatable bonds is 4. The number of anilines is 1. The third kappa shape index (κ3) is 3.30. The first-order chi connectivity index (χ1) is 14.4. The van der Waals surface area contributed by atoms with E-state index in [0.717, 1.165) is 5.56 Å². The largest absolute Gasteiger partial charge is 0.504 e. The molecule has 0 fully saturated rings. The number of hydrogen-bond donors (Lipinski definition) is 1. The Balaban J connectivity index is 1.81. The number of allylic oxidation sites excluding steroid dienone is 2. The summed E-state index contributed by atoms with van der Waals surface area (Å²) >= 11 is 0. The number of nitro groups is 1. The van der Waals surface area contributed by atoms with Gasteiger partial charge in [-0.25, -0.2) is 0 Å². The molecule has 8 nitrogen and oxygen atoms in total. The van der Waals surface area contributed by atoms with E-state index < -0.39 is 10.8 Å². The topological polar surface area (TPSA) is 110 Å². The number of benzene rings is 2. The predicted octanol–water partition coefficient (Wildman–Crippen LogP) is 3.84. The zero-order valence-electron chi connectivity index (χ0n) is 16.3. The molecular weight excluding hydrogens is 388 g/mol. The molecule has 4 rings (SSSR count). The molecule has 2 aromatic rings. The van der Waals surface area contributed by atoms with Crippen LogP contribution < -0.4 is 9.64 Å². The molecule has 8 heteroatoms. The highest BCUT2D eigenvalue weighted by atomic mass is 16.6. The molecular formula is C22H20N2O6. The van der Waals surface area contributed by atoms with E-state index >= 15 is 0 Å². The Morgan fingerprint density at radius 2 is 1.87 bits per heavy atom. The van der Waals surface area contributed by atoms with Crippen LogP contribution in [0.2, 0.25) is 0 Å². The van der Waals surface area contributed by atoms with Crippen molar-refractivity contribution in [2.45, 2.75) is 31.6 Å². The lowest BCUT2D eigenvalue weighted by Crippen LogP contribution is -2.40. The van der Waals surface area contributed by atoms with Crippen molar-refractivity contribution >= 4 is 23.1 Å². The monoisotopic (exact) mass is 408 g/mol. The highest BCUT2D eigenvalue weighted by Gasteiger charge is 2.40. The van der Waals surface area contributed by atoms with Gasteiger partial charge in [-0.2, -0.15) is 0 Å². The van der Waals surface area contributed by atoms with Gasteiger partial charge >= 0.3 is 0 Å². The summed E-state index contributed by atoms with van der Waals surface area (Å²) < 4.78 is 5.19. The van der Waals surface area contributed by atoms with Crippen molar-refractivity contribution in [3.63, 3.8) is 0 Å². The van der Waals surface area contributed by atoms with Crippen LogP contribution in [0.25, 0.3) is 0 Å². The number of phenolic OH excluding ortho intramolecular Hbond substituents is 1. The van der Waals surface area contributed by atoms with Gasteiger partial charge in [-0.05, 0) is 42.7 Å². The standard InChI is InChI=1S/C22H20N2O6/c1-30-20-11-13(5-10-18(20)25)16-12-21(27)23(17-3-2-4-19(26)22(16)17)14-6-8-15(9-7-14)24(28)29/h5-11,16,25H,2-4,12H2,1H3. The molecule has 0 radical (unpaired) electrons. The molecule has 154 valence electrons. The van der Waals surface area contributed by atoms with Crippen molar-refractivity contribution in [1.29, 1.82) is 0 Å². The number of carbonyl (C=O) groups is 2. The molecule has 1 amide bonds. The third-order valence-corrected chi connectivity index (χ3v) is 5.60. The molecule has 0 saturated carbocycles. The lowest BCUT2D eigenvalue weighted by atomic mass is 9.77. The summed E-state index contributed by atoms with van der Waals surface area (Å²) in [7, 11) is 1.44. The fraction of sp³-hybridized carbons (Fsp3) is 0.273. The summed E-state index contributed by atoms with van der Waals surface area (Å²) in [5.41, 5.74) is 2.41. The van der Waals surface area contributed by atoms with Gasteiger partial charge < -0.3 is 9.84 Å². The van der Waals surface area contributed by atoms with E-state index in [1.54, 1.807) is 12.1 Å². The number of phenols is 1. The maximum Gasteiger partial charge on any atom is 0.269 e. The summed E-state index contributed by atoms with van der Waals surface area (Å²) in [6.07, 6.45) is 1.69. The maximum atomic E-state index is 13.1. The van der Waals surface area contributed by atoms with Crippen LogP contribution in [-0.4, -0.2) is 28.8 Å². The molecule has 1 aliphatic carbocycles. The number of amides is 1. The molecule has 1 atom stereocenters. The van der Waals surface area contributed by atoms with Crippen molar-refractivity contribution in [1.82, 2.24) is 0 Å². The molecule has 1 N–H and O–H groups in total. The van der Waals surface area contributed by atoms with Crippen LogP contribution in [0.5, 0.6) is 11.5 Å². The Morgan fingerprint density at radius 3 is 2.53 bits per heavy atom. The van der Waals surface area contributed by atoms with Crippen molar-refractivity contribution in [2.75, 3.05) is 12.0 Å². The van der Waals surface area contributed by atoms with Gasteiger partial charge in [-0.1, -0.05) is 6.07 Å². The zero-order valence-corrected chi connectivity index (χ0v) is 16.3. The van der Waals surface area contributed by atoms with Gasteiger partial charge in [0.25, 0.3) is 5.69 Å². The molecule has 0 aromatic heterocycles. The number of hydrogen-bond acceptors (Lipinski definition) is 6. The van der Waals surface area contributed by atoms with E-state index in [0.29, 0.717) is 36.2 Å². The Morgan fingerprint density at radius 1 is 1.13 bits per heavy atom. The molecule has 1 unspecified atom stereocenters. The van der Waals surface area contributed by atoms with Crippen LogP contribution in [-0.2, 0) is 9.59 Å². The average molecular weight is 408 g/mol. The maximum absolute atomic E-state index is 13.1. The highest BCUT2D eigenvalue weighted by Crippen LogP contribution is 2.44. The number of nitro benzene ring substituents is 1. The number of non-ortho nitro benzene ring substituents is 1. The van der Waals surface area contributed by atoms with Crippen LogP contribution in [0.15, 0.2) is 53.7 Å². The quantitative estimate of drug-likeness (QED) is 0.608. The second-order valence-electron chi connectivity index (χ2n) is 7.33. The van der Waals surface area contributed by atoms with Gasteiger partial charge in [0.1, 0.15) is 0 Å². The van der Waals surface area contributed by atoms with E-state index in [-0.39, 0.29) is 35.3 Å². The number of methoxy groups -OCH3 is 1. The second kappa shape index (κ2) is 7.62. The SMILES string of the molecule is COc1cc(C2CC(=O)N(c3ccc([N+](=O)[O-])cc3)C3=C2C(=O)CCC3)ccc1O. The summed E-state index contributed by atoms with van der Waals surface area (Å²) in [4.78, 5) is 38.0. The van der Waals surface area contributed by atoms with Gasteiger partial charge in [0.15, 0.2) is 17.3 Å². The number of aromatic hydroxyl groups is 1. The van der Waals surface area contributed by atoms with Crippen molar-refractivity contribution in [3.8, 4) is 11.5 Å². The third-order valence-electron chi connectivity index (χ3n) is 5.60. The van der Waals surface area contributed by atoms with Crippen molar-refractivity contribution in [3.05, 3.63) is 69.4 Å². The van der Waals surface area contributed by atoms with Crippen LogP contribution in [0.3, 0.4) is 0 Å². The minimum atomic E-state index is -0.495. The molecule has 2 aromatic carbocycles.